The zero-order valence-electron chi connectivity index (χ0n) is 6.29. The molecule has 2 unspecified atom stereocenters. The summed E-state index contributed by atoms with van der Waals surface area (Å²) < 4.78 is 10.1. The molecule has 0 aromatic heterocycles. The molecular weight excluding hydrogens is 132 g/mol. The molecule has 10 heavy (non-hydrogen) atoms. The van der Waals surface area contributed by atoms with Gasteiger partial charge in [0.15, 0.2) is 5.78 Å². The minimum absolute atomic E-state index is 0.0162. The van der Waals surface area contributed by atoms with Crippen molar-refractivity contribution in [1.82, 2.24) is 0 Å². The minimum atomic E-state index is -0.292. The molecule has 1 saturated carbocycles. The van der Waals surface area contributed by atoms with Crippen molar-refractivity contribution in [1.29, 1.82) is 0 Å². The van der Waals surface area contributed by atoms with Gasteiger partial charge in [0.25, 0.3) is 0 Å². The Bertz CT molecular complexity index is 133. The average molecular weight is 144 g/mol. The number of ketones is 1. The third-order valence-corrected chi connectivity index (χ3v) is 1.69. The van der Waals surface area contributed by atoms with Crippen molar-refractivity contribution in [3.05, 3.63) is 0 Å². The first kappa shape index (κ1) is 7.69. The molecular formula is C7H12O3. The molecule has 2 atom stereocenters. The van der Waals surface area contributed by atoms with Crippen LogP contribution >= 0.6 is 0 Å². The molecule has 0 bridgehead atoms. The fourth-order valence-electron chi connectivity index (χ4n) is 1.11. The lowest BCUT2D eigenvalue weighted by Gasteiger charge is -2.32. The Morgan fingerprint density at radius 2 is 2.40 bits per heavy atom. The van der Waals surface area contributed by atoms with Gasteiger partial charge in [0.1, 0.15) is 6.10 Å². The maximum absolute atomic E-state index is 10.7. The van der Waals surface area contributed by atoms with Crippen LogP contribution in [0.3, 0.4) is 0 Å². The Kier molecular flexibility index (Phi) is 2.40. The minimum Gasteiger partial charge on any atom is -0.375 e. The van der Waals surface area contributed by atoms with Crippen molar-refractivity contribution in [2.75, 3.05) is 13.7 Å². The van der Waals surface area contributed by atoms with Gasteiger partial charge in [-0.1, -0.05) is 0 Å². The number of methoxy groups -OCH3 is 1. The van der Waals surface area contributed by atoms with Gasteiger partial charge in [-0.05, 0) is 6.92 Å². The summed E-state index contributed by atoms with van der Waals surface area (Å²) in [6.45, 7) is 2.56. The van der Waals surface area contributed by atoms with Crippen LogP contribution in [0.15, 0.2) is 0 Å². The maximum atomic E-state index is 10.7. The Balaban J connectivity index is 2.30. The van der Waals surface area contributed by atoms with Gasteiger partial charge in [-0.15, -0.1) is 0 Å². The molecule has 0 heterocycles. The van der Waals surface area contributed by atoms with E-state index in [1.165, 1.54) is 7.11 Å². The molecule has 0 saturated heterocycles. The second kappa shape index (κ2) is 3.12. The van der Waals surface area contributed by atoms with Crippen LogP contribution in [0.25, 0.3) is 0 Å². The fourth-order valence-corrected chi connectivity index (χ4v) is 1.11. The van der Waals surface area contributed by atoms with Crippen LogP contribution in [0, 0.1) is 0 Å². The SMILES string of the molecule is CCOC1CC(=O)C1OC. The van der Waals surface area contributed by atoms with Crippen LogP contribution in [-0.4, -0.2) is 31.7 Å². The zero-order valence-corrected chi connectivity index (χ0v) is 6.29. The summed E-state index contributed by atoms with van der Waals surface area (Å²) in [5.74, 6) is 0.154. The molecule has 0 spiro atoms. The summed E-state index contributed by atoms with van der Waals surface area (Å²) in [5.41, 5.74) is 0. The third-order valence-electron chi connectivity index (χ3n) is 1.69. The Hall–Kier alpha value is -0.410. The van der Waals surface area contributed by atoms with Crippen LogP contribution in [0.4, 0.5) is 0 Å². The average Bonchev–Trinajstić information content (AvgIpc) is 1.88. The van der Waals surface area contributed by atoms with Crippen molar-refractivity contribution in [2.24, 2.45) is 0 Å². The molecule has 1 rings (SSSR count). The summed E-state index contributed by atoms with van der Waals surface area (Å²) in [6, 6.07) is 0. The van der Waals surface area contributed by atoms with Crippen molar-refractivity contribution < 1.29 is 14.3 Å². The Morgan fingerprint density at radius 3 is 2.80 bits per heavy atom. The smallest absolute Gasteiger partial charge is 0.166 e. The lowest BCUT2D eigenvalue weighted by atomic mass is 9.90. The third kappa shape index (κ3) is 1.20. The summed E-state index contributed by atoms with van der Waals surface area (Å²) in [6.07, 6.45) is 0.245. The highest BCUT2D eigenvalue weighted by Gasteiger charge is 2.40. The second-order valence-electron chi connectivity index (χ2n) is 2.32. The van der Waals surface area contributed by atoms with Gasteiger partial charge in [0.05, 0.1) is 6.10 Å². The zero-order chi connectivity index (χ0) is 7.56. The van der Waals surface area contributed by atoms with E-state index in [0.29, 0.717) is 13.0 Å². The first-order chi connectivity index (χ1) is 4.79. The number of Topliss-reactive ketones (excluding diaryl/α,β-unsaturated/α-hetero) is 1. The summed E-state index contributed by atoms with van der Waals surface area (Å²) in [4.78, 5) is 10.7. The normalized spacial score (nSPS) is 32.0. The first-order valence-corrected chi connectivity index (χ1v) is 3.46. The molecule has 0 aliphatic heterocycles. The molecule has 0 aromatic rings. The topological polar surface area (TPSA) is 35.5 Å². The molecule has 3 heteroatoms. The molecule has 0 N–H and O–H groups in total. The van der Waals surface area contributed by atoms with Crippen LogP contribution in [0.2, 0.25) is 0 Å². The van der Waals surface area contributed by atoms with E-state index in [4.69, 9.17) is 9.47 Å². The Labute approximate surface area is 60.3 Å². The van der Waals surface area contributed by atoms with Gasteiger partial charge in [-0.2, -0.15) is 0 Å². The summed E-state index contributed by atoms with van der Waals surface area (Å²) in [7, 11) is 1.54. The van der Waals surface area contributed by atoms with Gasteiger partial charge in [0.2, 0.25) is 0 Å². The molecule has 1 aliphatic carbocycles. The van der Waals surface area contributed by atoms with Crippen molar-refractivity contribution in [2.45, 2.75) is 25.6 Å². The monoisotopic (exact) mass is 144 g/mol. The lowest BCUT2D eigenvalue weighted by Crippen LogP contribution is -2.49. The highest BCUT2D eigenvalue weighted by Crippen LogP contribution is 2.21. The maximum Gasteiger partial charge on any atom is 0.166 e. The van der Waals surface area contributed by atoms with E-state index in [2.05, 4.69) is 0 Å². The highest BCUT2D eigenvalue weighted by atomic mass is 16.5. The van der Waals surface area contributed by atoms with Crippen molar-refractivity contribution in [3.8, 4) is 0 Å². The van der Waals surface area contributed by atoms with E-state index < -0.39 is 0 Å². The molecule has 1 fully saturated rings. The molecule has 0 radical (unpaired) electrons. The quantitative estimate of drug-likeness (QED) is 0.574. The number of rotatable bonds is 3. The molecule has 0 amide bonds. The number of hydrogen-bond donors (Lipinski definition) is 0. The highest BCUT2D eigenvalue weighted by molar-refractivity contribution is 5.90. The van der Waals surface area contributed by atoms with E-state index in [0.717, 1.165) is 0 Å². The number of carbonyl (C=O) groups is 1. The van der Waals surface area contributed by atoms with Gasteiger partial charge in [-0.3, -0.25) is 4.79 Å². The summed E-state index contributed by atoms with van der Waals surface area (Å²) in [5, 5.41) is 0. The van der Waals surface area contributed by atoms with Gasteiger partial charge < -0.3 is 9.47 Å². The van der Waals surface area contributed by atoms with E-state index in [-0.39, 0.29) is 18.0 Å². The largest absolute Gasteiger partial charge is 0.375 e. The van der Waals surface area contributed by atoms with Crippen molar-refractivity contribution in [3.63, 3.8) is 0 Å². The van der Waals surface area contributed by atoms with E-state index in [9.17, 15) is 4.79 Å². The van der Waals surface area contributed by atoms with Crippen LogP contribution in [0.1, 0.15) is 13.3 Å². The van der Waals surface area contributed by atoms with Gasteiger partial charge in [0, 0.05) is 20.1 Å². The van der Waals surface area contributed by atoms with Gasteiger partial charge in [-0.25, -0.2) is 0 Å². The molecule has 1 aliphatic rings. The molecule has 0 aromatic carbocycles. The van der Waals surface area contributed by atoms with E-state index in [1.54, 1.807) is 0 Å². The molecule has 58 valence electrons. The lowest BCUT2D eigenvalue weighted by molar-refractivity contribution is -0.160. The number of ether oxygens (including phenoxy) is 2. The van der Waals surface area contributed by atoms with Gasteiger partial charge >= 0.3 is 0 Å². The van der Waals surface area contributed by atoms with Crippen molar-refractivity contribution >= 4 is 5.78 Å². The standard InChI is InChI=1S/C7H12O3/c1-3-10-6-4-5(8)7(6)9-2/h6-7H,3-4H2,1-2H3. The van der Waals surface area contributed by atoms with Crippen LogP contribution in [0.5, 0.6) is 0 Å². The predicted octanol–water partition coefficient (Wildman–Crippen LogP) is 0.379. The number of hydrogen-bond acceptors (Lipinski definition) is 3. The first-order valence-electron chi connectivity index (χ1n) is 3.46. The predicted molar refractivity (Wildman–Crippen MR) is 35.8 cm³/mol. The van der Waals surface area contributed by atoms with Crippen LogP contribution in [-0.2, 0) is 14.3 Å². The van der Waals surface area contributed by atoms with E-state index in [1.807, 2.05) is 6.92 Å². The van der Waals surface area contributed by atoms with E-state index >= 15 is 0 Å². The second-order valence-corrected chi connectivity index (χ2v) is 2.32. The fraction of sp³-hybridized carbons (Fsp3) is 0.857. The summed E-state index contributed by atoms with van der Waals surface area (Å²) >= 11 is 0. The van der Waals surface area contributed by atoms with Crippen LogP contribution < -0.4 is 0 Å². The number of carbonyl (C=O) groups excluding carboxylic acids is 1. The Morgan fingerprint density at radius 1 is 1.70 bits per heavy atom. The molecule has 3 nitrogen and oxygen atoms in total.